The quantitative estimate of drug-likeness (QED) is 0.223. The zero-order chi connectivity index (χ0) is 27.8. The fourth-order valence-corrected chi connectivity index (χ4v) is 6.83. The van der Waals surface area contributed by atoms with Crippen LogP contribution in [0.5, 0.6) is 0 Å². The van der Waals surface area contributed by atoms with Crippen LogP contribution in [-0.2, 0) is 0 Å². The summed E-state index contributed by atoms with van der Waals surface area (Å²) in [7, 11) is 0. The lowest BCUT2D eigenvalue weighted by Crippen LogP contribution is -2.34. The second-order valence-electron chi connectivity index (χ2n) is 11.8. The smallest absolute Gasteiger partial charge is 0.163 e. The van der Waals surface area contributed by atoms with E-state index in [2.05, 4.69) is 70.7 Å². The van der Waals surface area contributed by atoms with E-state index in [0.717, 1.165) is 71.7 Å². The topological polar surface area (TPSA) is 64.7 Å². The molecule has 5 aromatic rings. The molecule has 2 aliphatic rings. The molecule has 1 aliphatic heterocycles. The van der Waals surface area contributed by atoms with Gasteiger partial charge in [0.25, 0.3) is 0 Å². The number of aryl methyl sites for hydroxylation is 1. The normalized spacial score (nSPS) is 17.4. The van der Waals surface area contributed by atoms with Gasteiger partial charge in [-0.2, -0.15) is 5.10 Å². The number of rotatable bonds is 6. The average molecular weight is 546 g/mol. The van der Waals surface area contributed by atoms with Crippen LogP contribution in [0, 0.1) is 6.92 Å². The van der Waals surface area contributed by atoms with E-state index >= 15 is 0 Å². The van der Waals surface area contributed by atoms with Crippen molar-refractivity contribution in [2.24, 2.45) is 0 Å². The van der Waals surface area contributed by atoms with Crippen LogP contribution in [0.2, 0.25) is 0 Å². The maximum Gasteiger partial charge on any atom is 0.163 e. The number of piperidine rings is 1. The van der Waals surface area contributed by atoms with Crippen LogP contribution in [-0.4, -0.2) is 53.8 Å². The summed E-state index contributed by atoms with van der Waals surface area (Å²) >= 11 is 0. The number of hydrogen-bond donors (Lipinski definition) is 0. The van der Waals surface area contributed by atoms with Gasteiger partial charge in [0.1, 0.15) is 5.52 Å². The van der Waals surface area contributed by atoms with Gasteiger partial charge in [-0.3, -0.25) is 14.2 Å². The van der Waals surface area contributed by atoms with Gasteiger partial charge in [0.15, 0.2) is 5.65 Å². The van der Waals surface area contributed by atoms with Crippen molar-refractivity contribution in [1.82, 2.24) is 34.2 Å². The first-order chi connectivity index (χ1) is 20.2. The molecule has 5 heterocycles. The van der Waals surface area contributed by atoms with Crippen LogP contribution in [0.25, 0.3) is 39.2 Å². The van der Waals surface area contributed by atoms with E-state index in [4.69, 9.17) is 20.1 Å². The fourth-order valence-electron chi connectivity index (χ4n) is 6.83. The third-order valence-corrected chi connectivity index (χ3v) is 9.23. The maximum absolute atomic E-state index is 5.23. The van der Waals surface area contributed by atoms with E-state index in [0.29, 0.717) is 12.0 Å². The molecule has 1 saturated heterocycles. The molecule has 7 rings (SSSR count). The van der Waals surface area contributed by atoms with E-state index in [1.165, 1.54) is 43.4 Å². The second-order valence-corrected chi connectivity index (χ2v) is 11.8. The summed E-state index contributed by atoms with van der Waals surface area (Å²) in [5.41, 5.74) is 9.34. The Morgan fingerprint density at radius 1 is 0.854 bits per heavy atom. The molecule has 0 atom stereocenters. The van der Waals surface area contributed by atoms with Gasteiger partial charge in [-0.05, 0) is 62.9 Å². The summed E-state index contributed by atoms with van der Waals surface area (Å²) < 4.78 is 4.32. The molecule has 1 aromatic carbocycles. The van der Waals surface area contributed by atoms with Crippen LogP contribution in [0.15, 0.2) is 67.4 Å². The molecule has 0 bridgehead atoms. The van der Waals surface area contributed by atoms with Crippen molar-refractivity contribution in [1.29, 1.82) is 0 Å². The summed E-state index contributed by atoms with van der Waals surface area (Å²) in [5, 5.41) is 4.83. The lowest BCUT2D eigenvalue weighted by molar-refractivity contribution is 0.187. The summed E-state index contributed by atoms with van der Waals surface area (Å²) in [5.74, 6) is 0.587. The summed E-state index contributed by atoms with van der Waals surface area (Å²) in [4.78, 5) is 17.7. The molecule has 7 heteroatoms. The number of pyridine rings is 1. The molecule has 0 radical (unpaired) electrons. The van der Waals surface area contributed by atoms with Crippen molar-refractivity contribution in [3.05, 3.63) is 78.6 Å². The number of nitrogens with zero attached hydrogens (tertiary/aromatic N) is 7. The molecule has 0 amide bonds. The van der Waals surface area contributed by atoms with Gasteiger partial charge < -0.3 is 4.90 Å². The Balaban J connectivity index is 1.27. The molecule has 1 aliphatic carbocycles. The summed E-state index contributed by atoms with van der Waals surface area (Å²) in [6, 6.07) is 13.1. The zero-order valence-electron chi connectivity index (χ0n) is 24.2. The van der Waals surface area contributed by atoms with Crippen molar-refractivity contribution in [3.8, 4) is 28.1 Å². The Hall–Kier alpha value is -3.84. The largest absolute Gasteiger partial charge is 0.303 e. The first-order valence-corrected chi connectivity index (χ1v) is 15.3. The SMILES string of the molecule is CCN1CCC(n2cc(-c3cn(-c4ccccc4)c4ncc(-c5cnc(C6CCCCC6)c(C)c5)nc34)cn2)CC1. The Morgan fingerprint density at radius 2 is 1.66 bits per heavy atom. The zero-order valence-corrected chi connectivity index (χ0v) is 24.2. The van der Waals surface area contributed by atoms with Crippen molar-refractivity contribution >= 4 is 11.2 Å². The van der Waals surface area contributed by atoms with E-state index in [1.54, 1.807) is 0 Å². The van der Waals surface area contributed by atoms with Gasteiger partial charge in [-0.15, -0.1) is 0 Å². The minimum absolute atomic E-state index is 0.437. The molecule has 0 unspecified atom stereocenters. The van der Waals surface area contributed by atoms with Gasteiger partial charge >= 0.3 is 0 Å². The van der Waals surface area contributed by atoms with Crippen molar-refractivity contribution in [2.75, 3.05) is 19.6 Å². The van der Waals surface area contributed by atoms with Gasteiger partial charge in [0, 0.05) is 65.7 Å². The number of likely N-dealkylation sites (tertiary alicyclic amines) is 1. The number of para-hydroxylation sites is 1. The Labute approximate surface area is 242 Å². The van der Waals surface area contributed by atoms with E-state index in [-0.39, 0.29) is 0 Å². The number of aromatic nitrogens is 6. The molecule has 0 spiro atoms. The number of benzene rings is 1. The predicted octanol–water partition coefficient (Wildman–Crippen LogP) is 7.36. The van der Waals surface area contributed by atoms with Crippen molar-refractivity contribution < 1.29 is 0 Å². The summed E-state index contributed by atoms with van der Waals surface area (Å²) in [6.45, 7) is 7.82. The predicted molar refractivity (Wildman–Crippen MR) is 164 cm³/mol. The van der Waals surface area contributed by atoms with Gasteiger partial charge in [-0.25, -0.2) is 9.97 Å². The molecule has 4 aromatic heterocycles. The molecule has 41 heavy (non-hydrogen) atoms. The highest BCUT2D eigenvalue weighted by molar-refractivity contribution is 5.92. The highest BCUT2D eigenvalue weighted by atomic mass is 15.3. The van der Waals surface area contributed by atoms with E-state index in [9.17, 15) is 0 Å². The third-order valence-electron chi connectivity index (χ3n) is 9.23. The third kappa shape index (κ3) is 5.08. The Morgan fingerprint density at radius 3 is 2.41 bits per heavy atom. The van der Waals surface area contributed by atoms with Crippen LogP contribution >= 0.6 is 0 Å². The average Bonchev–Trinajstić information content (AvgIpc) is 3.67. The highest BCUT2D eigenvalue weighted by Gasteiger charge is 2.23. The molecular weight excluding hydrogens is 506 g/mol. The van der Waals surface area contributed by atoms with Gasteiger partial charge in [0.2, 0.25) is 0 Å². The van der Waals surface area contributed by atoms with E-state index < -0.39 is 0 Å². The van der Waals surface area contributed by atoms with Crippen LogP contribution < -0.4 is 0 Å². The first-order valence-electron chi connectivity index (χ1n) is 15.3. The Kier molecular flexibility index (Phi) is 7.13. The van der Waals surface area contributed by atoms with Crippen molar-refractivity contribution in [2.45, 2.75) is 70.8 Å². The molecule has 2 fully saturated rings. The van der Waals surface area contributed by atoms with Crippen molar-refractivity contribution in [3.63, 3.8) is 0 Å². The lowest BCUT2D eigenvalue weighted by atomic mass is 9.85. The molecule has 210 valence electrons. The fraction of sp³-hybridized carbons (Fsp3) is 0.412. The van der Waals surface area contributed by atoms with Gasteiger partial charge in [-0.1, -0.05) is 44.4 Å². The Bertz CT molecular complexity index is 1640. The van der Waals surface area contributed by atoms with Crippen LogP contribution in [0.3, 0.4) is 0 Å². The van der Waals surface area contributed by atoms with Crippen LogP contribution in [0.1, 0.15) is 75.1 Å². The first kappa shape index (κ1) is 26.1. The summed E-state index contributed by atoms with van der Waals surface area (Å²) in [6.07, 6.45) is 19.0. The minimum atomic E-state index is 0.437. The minimum Gasteiger partial charge on any atom is -0.303 e. The molecule has 0 N–H and O–H groups in total. The second kappa shape index (κ2) is 11.2. The molecule has 1 saturated carbocycles. The standard InChI is InChI=1S/C34H39N7/c1-3-39-16-14-29(15-17-39)41-22-27(20-37-41)30-23-40(28-12-8-5-9-13-28)34-33(30)38-31(21-36-34)26-18-24(2)32(35-19-26)25-10-6-4-7-11-25/h5,8-9,12-13,18-23,25,29H,3-4,6-7,10-11,14-17H2,1-2H3. The molecule has 7 nitrogen and oxygen atoms in total. The molecular formula is C34H39N7. The van der Waals surface area contributed by atoms with E-state index in [1.807, 2.05) is 24.7 Å². The van der Waals surface area contributed by atoms with Gasteiger partial charge in [0.05, 0.1) is 24.1 Å². The highest BCUT2D eigenvalue weighted by Crippen LogP contribution is 2.36. The monoisotopic (exact) mass is 545 g/mol. The maximum atomic E-state index is 5.23. The number of fused-ring (bicyclic) bond motifs is 1. The number of hydrogen-bond acceptors (Lipinski definition) is 5. The van der Waals surface area contributed by atoms with Crippen LogP contribution in [0.4, 0.5) is 0 Å². The lowest BCUT2D eigenvalue weighted by Gasteiger charge is -2.31.